The zero-order chi connectivity index (χ0) is 15.6. The third-order valence-electron chi connectivity index (χ3n) is 3.09. The number of nitrogens with one attached hydrogen (secondary N) is 1. The highest BCUT2D eigenvalue weighted by Crippen LogP contribution is 2.21. The van der Waals surface area contributed by atoms with Crippen LogP contribution in [0, 0.1) is 0 Å². The van der Waals surface area contributed by atoms with Gasteiger partial charge in [0.1, 0.15) is 5.75 Å². The van der Waals surface area contributed by atoms with Crippen molar-refractivity contribution in [3.63, 3.8) is 0 Å². The Morgan fingerprint density at radius 2 is 2.05 bits per heavy atom. The lowest BCUT2D eigenvalue weighted by Gasteiger charge is -2.05. The van der Waals surface area contributed by atoms with E-state index in [1.807, 2.05) is 42.5 Å². The van der Waals surface area contributed by atoms with Crippen molar-refractivity contribution < 1.29 is 9.53 Å². The number of pyridine rings is 1. The van der Waals surface area contributed by atoms with Crippen molar-refractivity contribution in [3.8, 4) is 5.75 Å². The van der Waals surface area contributed by atoms with Crippen molar-refractivity contribution in [2.45, 2.75) is 17.7 Å². The Kier molecular flexibility index (Phi) is 6.77. The van der Waals surface area contributed by atoms with Gasteiger partial charge in [0.25, 0.3) is 0 Å². The maximum absolute atomic E-state index is 11.8. The molecule has 2 aromatic rings. The van der Waals surface area contributed by atoms with Crippen molar-refractivity contribution >= 4 is 17.7 Å². The molecule has 0 radical (unpaired) electrons. The Morgan fingerprint density at radius 3 is 2.73 bits per heavy atom. The first-order chi connectivity index (χ1) is 10.8. The predicted molar refractivity (Wildman–Crippen MR) is 89.3 cm³/mol. The molecule has 1 N–H and O–H groups in total. The molecule has 0 aliphatic rings. The fraction of sp³-hybridized carbons (Fsp3) is 0.294. The molecule has 0 spiro atoms. The normalized spacial score (nSPS) is 10.2. The third kappa shape index (κ3) is 5.77. The van der Waals surface area contributed by atoms with E-state index >= 15 is 0 Å². The number of methoxy groups -OCH3 is 1. The molecule has 1 aromatic heterocycles. The molecule has 0 aliphatic carbocycles. The largest absolute Gasteiger partial charge is 0.497 e. The van der Waals surface area contributed by atoms with E-state index < -0.39 is 0 Å². The molecule has 116 valence electrons. The standard InChI is InChI=1S/C17H20N2O2S/c1-21-15-5-7-16(8-6-15)22-13-10-17(20)19-12-9-14-4-2-3-11-18-14/h2-8,11H,9-10,12-13H2,1H3,(H,19,20). The molecule has 1 heterocycles. The summed E-state index contributed by atoms with van der Waals surface area (Å²) < 4.78 is 5.11. The first-order valence-corrected chi connectivity index (χ1v) is 8.20. The molecule has 0 atom stereocenters. The molecular formula is C17H20N2O2S. The van der Waals surface area contributed by atoms with Crippen molar-refractivity contribution in [3.05, 3.63) is 54.4 Å². The summed E-state index contributed by atoms with van der Waals surface area (Å²) in [6.45, 7) is 0.628. The maximum atomic E-state index is 11.8. The fourth-order valence-corrected chi connectivity index (χ4v) is 2.75. The molecule has 22 heavy (non-hydrogen) atoms. The second kappa shape index (κ2) is 9.10. The van der Waals surface area contributed by atoms with Crippen molar-refractivity contribution in [2.24, 2.45) is 0 Å². The van der Waals surface area contributed by atoms with E-state index in [0.29, 0.717) is 13.0 Å². The highest BCUT2D eigenvalue weighted by atomic mass is 32.2. The van der Waals surface area contributed by atoms with Gasteiger partial charge in [-0.2, -0.15) is 0 Å². The Hall–Kier alpha value is -2.01. The number of hydrogen-bond acceptors (Lipinski definition) is 4. The van der Waals surface area contributed by atoms with Crippen LogP contribution in [0.15, 0.2) is 53.6 Å². The number of thioether (sulfide) groups is 1. The number of amides is 1. The molecule has 0 aliphatic heterocycles. The predicted octanol–water partition coefficient (Wildman–Crippen LogP) is 2.93. The quantitative estimate of drug-likeness (QED) is 0.761. The van der Waals surface area contributed by atoms with E-state index in [-0.39, 0.29) is 5.91 Å². The SMILES string of the molecule is COc1ccc(SCCC(=O)NCCc2ccccn2)cc1. The highest BCUT2D eigenvalue weighted by Gasteiger charge is 2.02. The number of carbonyl (C=O) groups excluding carboxylic acids is 1. The molecule has 0 bridgehead atoms. The van der Waals surface area contributed by atoms with Gasteiger partial charge in [-0.05, 0) is 36.4 Å². The van der Waals surface area contributed by atoms with Crippen LogP contribution >= 0.6 is 11.8 Å². The lowest BCUT2D eigenvalue weighted by molar-refractivity contribution is -0.120. The fourth-order valence-electron chi connectivity index (χ4n) is 1.90. The monoisotopic (exact) mass is 316 g/mol. The molecule has 0 unspecified atom stereocenters. The van der Waals surface area contributed by atoms with Gasteiger partial charge in [-0.3, -0.25) is 9.78 Å². The van der Waals surface area contributed by atoms with E-state index in [0.717, 1.165) is 28.5 Å². The lowest BCUT2D eigenvalue weighted by atomic mass is 10.2. The molecule has 4 nitrogen and oxygen atoms in total. The van der Waals surface area contributed by atoms with Crippen LogP contribution in [0.25, 0.3) is 0 Å². The Morgan fingerprint density at radius 1 is 1.23 bits per heavy atom. The number of aromatic nitrogens is 1. The summed E-state index contributed by atoms with van der Waals surface area (Å²) in [7, 11) is 1.65. The number of carbonyl (C=O) groups is 1. The first-order valence-electron chi connectivity index (χ1n) is 7.21. The zero-order valence-corrected chi connectivity index (χ0v) is 13.4. The number of benzene rings is 1. The zero-order valence-electron chi connectivity index (χ0n) is 12.6. The number of ether oxygens (including phenoxy) is 1. The number of rotatable bonds is 8. The molecule has 1 amide bonds. The van der Waals surface area contributed by atoms with Gasteiger partial charge in [-0.25, -0.2) is 0 Å². The molecule has 0 saturated heterocycles. The summed E-state index contributed by atoms with van der Waals surface area (Å²) in [5.41, 5.74) is 0.996. The molecule has 0 saturated carbocycles. The average Bonchev–Trinajstić information content (AvgIpc) is 2.56. The molecular weight excluding hydrogens is 296 g/mol. The van der Waals surface area contributed by atoms with Crippen molar-refractivity contribution in [1.29, 1.82) is 0 Å². The van der Waals surface area contributed by atoms with E-state index in [2.05, 4.69) is 10.3 Å². The van der Waals surface area contributed by atoms with Gasteiger partial charge in [-0.15, -0.1) is 11.8 Å². The summed E-state index contributed by atoms with van der Waals surface area (Å²) in [5.74, 6) is 1.69. The summed E-state index contributed by atoms with van der Waals surface area (Å²) in [6.07, 6.45) is 3.04. The Balaban J connectivity index is 1.61. The minimum absolute atomic E-state index is 0.0805. The highest BCUT2D eigenvalue weighted by molar-refractivity contribution is 7.99. The average molecular weight is 316 g/mol. The van der Waals surface area contributed by atoms with Gasteiger partial charge in [0.05, 0.1) is 7.11 Å². The second-order valence-corrected chi connectivity index (χ2v) is 5.86. The van der Waals surface area contributed by atoms with E-state index in [1.54, 1.807) is 25.1 Å². The topological polar surface area (TPSA) is 51.2 Å². The van der Waals surface area contributed by atoms with Crippen LogP contribution in [-0.4, -0.2) is 30.3 Å². The second-order valence-electron chi connectivity index (χ2n) is 4.70. The van der Waals surface area contributed by atoms with Gasteiger partial charge >= 0.3 is 0 Å². The van der Waals surface area contributed by atoms with Crippen LogP contribution in [0.1, 0.15) is 12.1 Å². The summed E-state index contributed by atoms with van der Waals surface area (Å²) in [5, 5.41) is 2.92. The Labute approximate surface area is 135 Å². The molecule has 5 heteroatoms. The van der Waals surface area contributed by atoms with Gasteiger partial charge in [0.15, 0.2) is 0 Å². The molecule has 2 rings (SSSR count). The summed E-state index contributed by atoms with van der Waals surface area (Å²) >= 11 is 1.67. The van der Waals surface area contributed by atoms with Crippen LogP contribution in [0.5, 0.6) is 5.75 Å². The number of hydrogen-bond donors (Lipinski definition) is 1. The van der Waals surface area contributed by atoms with Crippen LogP contribution in [0.3, 0.4) is 0 Å². The van der Waals surface area contributed by atoms with E-state index in [9.17, 15) is 4.79 Å². The molecule has 1 aromatic carbocycles. The minimum Gasteiger partial charge on any atom is -0.497 e. The van der Waals surface area contributed by atoms with Crippen molar-refractivity contribution in [2.75, 3.05) is 19.4 Å². The minimum atomic E-state index is 0.0805. The van der Waals surface area contributed by atoms with Gasteiger partial charge < -0.3 is 10.1 Å². The Bertz CT molecular complexity index is 573. The van der Waals surface area contributed by atoms with Gasteiger partial charge in [0.2, 0.25) is 5.91 Å². The van der Waals surface area contributed by atoms with Crippen LogP contribution in [0.2, 0.25) is 0 Å². The van der Waals surface area contributed by atoms with Crippen LogP contribution in [0.4, 0.5) is 0 Å². The van der Waals surface area contributed by atoms with Gasteiger partial charge in [0, 0.05) is 41.9 Å². The van der Waals surface area contributed by atoms with Crippen LogP contribution < -0.4 is 10.1 Å². The number of nitrogens with zero attached hydrogens (tertiary/aromatic N) is 1. The van der Waals surface area contributed by atoms with Gasteiger partial charge in [-0.1, -0.05) is 6.07 Å². The molecule has 0 fully saturated rings. The smallest absolute Gasteiger partial charge is 0.220 e. The third-order valence-corrected chi connectivity index (χ3v) is 4.10. The summed E-state index contributed by atoms with van der Waals surface area (Å²) in [4.78, 5) is 17.1. The maximum Gasteiger partial charge on any atom is 0.220 e. The summed E-state index contributed by atoms with van der Waals surface area (Å²) in [6, 6.07) is 13.7. The lowest BCUT2D eigenvalue weighted by Crippen LogP contribution is -2.26. The van der Waals surface area contributed by atoms with Crippen LogP contribution in [-0.2, 0) is 11.2 Å². The van der Waals surface area contributed by atoms with E-state index in [4.69, 9.17) is 4.74 Å². The first kappa shape index (κ1) is 16.4. The van der Waals surface area contributed by atoms with E-state index in [1.165, 1.54) is 0 Å². The van der Waals surface area contributed by atoms with Crippen molar-refractivity contribution in [1.82, 2.24) is 10.3 Å².